The van der Waals surface area contributed by atoms with Crippen LogP contribution in [0.2, 0.25) is 0 Å². The number of phosphoric ester groups is 1. The van der Waals surface area contributed by atoms with Gasteiger partial charge in [0.2, 0.25) is 0 Å². The molecule has 0 fully saturated rings. The van der Waals surface area contributed by atoms with Gasteiger partial charge in [0.25, 0.3) is 0 Å². The van der Waals surface area contributed by atoms with Gasteiger partial charge >= 0.3 is 7.82 Å². The number of rotatable bonds is 3. The van der Waals surface area contributed by atoms with Crippen molar-refractivity contribution in [3.05, 3.63) is 48.5 Å². The fourth-order valence-electron chi connectivity index (χ4n) is 1.62. The van der Waals surface area contributed by atoms with Crippen LogP contribution in [0.3, 0.4) is 0 Å². The Hall–Kier alpha value is -1.81. The Bertz CT molecular complexity index is 591. The first-order chi connectivity index (χ1) is 8.47. The second-order valence-corrected chi connectivity index (χ2v) is 4.76. The van der Waals surface area contributed by atoms with E-state index in [4.69, 9.17) is 9.79 Å². The van der Waals surface area contributed by atoms with E-state index in [9.17, 15) is 9.67 Å². The van der Waals surface area contributed by atoms with Crippen LogP contribution < -0.4 is 4.52 Å². The van der Waals surface area contributed by atoms with Crippen molar-refractivity contribution in [1.82, 2.24) is 0 Å². The molecule has 0 aromatic heterocycles. The van der Waals surface area contributed by atoms with Crippen molar-refractivity contribution in [3.8, 4) is 22.6 Å². The highest BCUT2D eigenvalue weighted by Crippen LogP contribution is 2.45. The molecule has 2 aromatic carbocycles. The molecule has 0 aliphatic heterocycles. The van der Waals surface area contributed by atoms with Crippen molar-refractivity contribution >= 4 is 7.82 Å². The number of aromatic hydroxyl groups is 1. The van der Waals surface area contributed by atoms with E-state index in [1.807, 2.05) is 0 Å². The van der Waals surface area contributed by atoms with E-state index < -0.39 is 7.82 Å². The van der Waals surface area contributed by atoms with E-state index in [0.717, 1.165) is 0 Å². The fraction of sp³-hybridized carbons (Fsp3) is 0. The maximum atomic E-state index is 10.9. The molecule has 0 heterocycles. The first-order valence-corrected chi connectivity index (χ1v) is 6.63. The van der Waals surface area contributed by atoms with Gasteiger partial charge in [0.15, 0.2) is 0 Å². The summed E-state index contributed by atoms with van der Waals surface area (Å²) in [7, 11) is -4.67. The van der Waals surface area contributed by atoms with Gasteiger partial charge in [-0.2, -0.15) is 0 Å². The molecule has 0 bridgehead atoms. The van der Waals surface area contributed by atoms with E-state index in [0.29, 0.717) is 5.56 Å². The number of phosphoric acid groups is 1. The third kappa shape index (κ3) is 2.90. The van der Waals surface area contributed by atoms with Gasteiger partial charge in [-0.25, -0.2) is 4.57 Å². The monoisotopic (exact) mass is 266 g/mol. The molecule has 0 aliphatic carbocycles. The number of hydrogen-bond donors (Lipinski definition) is 3. The molecule has 2 rings (SSSR count). The summed E-state index contributed by atoms with van der Waals surface area (Å²) < 4.78 is 15.5. The predicted octanol–water partition coefficient (Wildman–Crippen LogP) is 2.53. The lowest BCUT2D eigenvalue weighted by atomic mass is 10.0. The summed E-state index contributed by atoms with van der Waals surface area (Å²) in [5, 5.41) is 9.81. The van der Waals surface area contributed by atoms with Crippen molar-refractivity contribution in [2.75, 3.05) is 0 Å². The molecule has 0 saturated heterocycles. The highest BCUT2D eigenvalue weighted by atomic mass is 31.2. The Kier molecular flexibility index (Phi) is 3.39. The number of phenolic OH excluding ortho intramolecular Hbond substituents is 1. The van der Waals surface area contributed by atoms with Crippen LogP contribution in [0.5, 0.6) is 11.5 Å². The van der Waals surface area contributed by atoms with Gasteiger partial charge in [0, 0.05) is 0 Å². The lowest BCUT2D eigenvalue weighted by Crippen LogP contribution is -1.93. The van der Waals surface area contributed by atoms with Crippen LogP contribution in [-0.4, -0.2) is 14.9 Å². The minimum atomic E-state index is -4.67. The van der Waals surface area contributed by atoms with E-state index in [-0.39, 0.29) is 17.1 Å². The molecule has 0 aliphatic rings. The molecule has 0 radical (unpaired) electrons. The average Bonchev–Trinajstić information content (AvgIpc) is 2.28. The normalized spacial score (nSPS) is 11.2. The summed E-state index contributed by atoms with van der Waals surface area (Å²) in [5.74, 6) is -0.165. The maximum Gasteiger partial charge on any atom is 0.524 e. The molecule has 0 saturated carbocycles. The average molecular weight is 266 g/mol. The molecule has 0 atom stereocenters. The van der Waals surface area contributed by atoms with Crippen LogP contribution in [0.25, 0.3) is 11.1 Å². The second kappa shape index (κ2) is 4.82. The van der Waals surface area contributed by atoms with Crippen molar-refractivity contribution in [1.29, 1.82) is 0 Å². The van der Waals surface area contributed by atoms with Crippen molar-refractivity contribution in [2.45, 2.75) is 0 Å². The van der Waals surface area contributed by atoms with Crippen LogP contribution in [0.4, 0.5) is 0 Å². The molecular formula is C12H11O5P. The number of hydrogen-bond acceptors (Lipinski definition) is 3. The van der Waals surface area contributed by atoms with Gasteiger partial charge in [-0.1, -0.05) is 36.4 Å². The molecule has 2 aromatic rings. The Labute approximate surface area is 104 Å². The SMILES string of the molecule is O=P(O)(O)Oc1cccc(O)c1-c1ccccc1. The zero-order valence-corrected chi connectivity index (χ0v) is 10.1. The van der Waals surface area contributed by atoms with E-state index in [1.165, 1.54) is 18.2 Å². The third-order valence-electron chi connectivity index (χ3n) is 2.28. The molecular weight excluding hydrogens is 255 g/mol. The van der Waals surface area contributed by atoms with E-state index >= 15 is 0 Å². The number of phenols is 1. The molecule has 6 heteroatoms. The van der Waals surface area contributed by atoms with Crippen LogP contribution in [-0.2, 0) is 4.57 Å². The lowest BCUT2D eigenvalue weighted by molar-refractivity contribution is 0.283. The lowest BCUT2D eigenvalue weighted by Gasteiger charge is -2.13. The van der Waals surface area contributed by atoms with Crippen LogP contribution in [0, 0.1) is 0 Å². The largest absolute Gasteiger partial charge is 0.524 e. The summed E-state index contributed by atoms with van der Waals surface area (Å²) >= 11 is 0. The van der Waals surface area contributed by atoms with Gasteiger partial charge in [-0.05, 0) is 17.7 Å². The summed E-state index contributed by atoms with van der Waals surface area (Å²) in [6.45, 7) is 0. The minimum Gasteiger partial charge on any atom is -0.507 e. The molecule has 0 spiro atoms. The molecule has 3 N–H and O–H groups in total. The van der Waals surface area contributed by atoms with E-state index in [2.05, 4.69) is 4.52 Å². The first kappa shape index (κ1) is 12.6. The maximum absolute atomic E-state index is 10.9. The highest BCUT2D eigenvalue weighted by molar-refractivity contribution is 7.46. The Morgan fingerprint density at radius 3 is 2.22 bits per heavy atom. The minimum absolute atomic E-state index is 0.0606. The van der Waals surface area contributed by atoms with Crippen LogP contribution in [0.1, 0.15) is 0 Å². The van der Waals surface area contributed by atoms with Gasteiger partial charge in [0.05, 0.1) is 5.56 Å². The third-order valence-corrected chi connectivity index (χ3v) is 2.72. The van der Waals surface area contributed by atoms with Crippen LogP contribution in [0.15, 0.2) is 48.5 Å². The molecule has 5 nitrogen and oxygen atoms in total. The highest BCUT2D eigenvalue weighted by Gasteiger charge is 2.20. The summed E-state index contributed by atoms with van der Waals surface area (Å²) in [6.07, 6.45) is 0. The Balaban J connectivity index is 2.55. The van der Waals surface area contributed by atoms with Crippen molar-refractivity contribution < 1.29 is 24.0 Å². The van der Waals surface area contributed by atoms with Gasteiger partial charge in [-0.15, -0.1) is 0 Å². The van der Waals surface area contributed by atoms with Crippen molar-refractivity contribution in [2.24, 2.45) is 0 Å². The Morgan fingerprint density at radius 2 is 1.61 bits per heavy atom. The van der Waals surface area contributed by atoms with Gasteiger partial charge < -0.3 is 9.63 Å². The fourth-order valence-corrected chi connectivity index (χ4v) is 2.03. The standard InChI is InChI=1S/C12H11O5P/c13-10-7-4-8-11(17-18(14,15)16)12(10)9-5-2-1-3-6-9/h1-8,13H,(H2,14,15,16). The number of benzene rings is 2. The zero-order valence-electron chi connectivity index (χ0n) is 9.22. The molecule has 0 amide bonds. The summed E-state index contributed by atoms with van der Waals surface area (Å²) in [4.78, 5) is 17.7. The quantitative estimate of drug-likeness (QED) is 0.743. The van der Waals surface area contributed by atoms with Crippen LogP contribution >= 0.6 is 7.82 Å². The predicted molar refractivity (Wildman–Crippen MR) is 66.2 cm³/mol. The Morgan fingerprint density at radius 1 is 0.944 bits per heavy atom. The van der Waals surface area contributed by atoms with Gasteiger partial charge in [0.1, 0.15) is 11.5 Å². The summed E-state index contributed by atoms with van der Waals surface area (Å²) in [6, 6.07) is 13.0. The van der Waals surface area contributed by atoms with Gasteiger partial charge in [-0.3, -0.25) is 9.79 Å². The topological polar surface area (TPSA) is 87.0 Å². The second-order valence-electron chi connectivity index (χ2n) is 3.60. The molecule has 94 valence electrons. The smallest absolute Gasteiger partial charge is 0.507 e. The molecule has 0 unspecified atom stereocenters. The van der Waals surface area contributed by atoms with E-state index in [1.54, 1.807) is 30.3 Å². The zero-order chi connectivity index (χ0) is 13.2. The van der Waals surface area contributed by atoms with Crippen molar-refractivity contribution in [3.63, 3.8) is 0 Å². The molecule has 18 heavy (non-hydrogen) atoms. The summed E-state index contributed by atoms with van der Waals surface area (Å²) in [5.41, 5.74) is 0.862. The first-order valence-electron chi connectivity index (χ1n) is 5.10.